The first-order valence-electron chi connectivity index (χ1n) is 14.9. The van der Waals surface area contributed by atoms with Crippen molar-refractivity contribution in [3.8, 4) is 16.9 Å². The number of ether oxygens (including phenoxy) is 3. The molecule has 0 N–H and O–H groups in total. The van der Waals surface area contributed by atoms with Crippen LogP contribution in [0, 0.1) is 0 Å². The summed E-state index contributed by atoms with van der Waals surface area (Å²) in [5, 5.41) is 2.38. The van der Waals surface area contributed by atoms with Crippen LogP contribution in [0.5, 0.6) is 5.75 Å². The lowest BCUT2D eigenvalue weighted by Gasteiger charge is -2.22. The second-order valence-corrected chi connectivity index (χ2v) is 12.8. The zero-order valence-electron chi connectivity index (χ0n) is 24.9. The van der Waals surface area contributed by atoms with Gasteiger partial charge in [0, 0.05) is 56.5 Å². The van der Waals surface area contributed by atoms with Gasteiger partial charge in [-0.1, -0.05) is 67.1 Å². The lowest BCUT2D eigenvalue weighted by atomic mass is 10.0. The first-order chi connectivity index (χ1) is 21.5. The van der Waals surface area contributed by atoms with Gasteiger partial charge in [0.05, 0.1) is 38.0 Å². The Hall–Kier alpha value is -3.78. The molecule has 0 fully saturated rings. The number of thioether (sulfide) groups is 1. The molecule has 226 valence electrons. The van der Waals surface area contributed by atoms with Crippen LogP contribution in [0.2, 0.25) is 5.02 Å². The predicted octanol–water partition coefficient (Wildman–Crippen LogP) is 8.14. The van der Waals surface area contributed by atoms with Crippen molar-refractivity contribution in [2.24, 2.45) is 0 Å². The van der Waals surface area contributed by atoms with Crippen molar-refractivity contribution in [2.75, 3.05) is 20.3 Å². The maximum Gasteiger partial charge on any atom is 0.307 e. The van der Waals surface area contributed by atoms with Crippen LogP contribution in [0.4, 0.5) is 0 Å². The minimum absolute atomic E-state index is 0.248. The van der Waals surface area contributed by atoms with Gasteiger partial charge < -0.3 is 18.8 Å². The van der Waals surface area contributed by atoms with Crippen LogP contribution >= 0.6 is 23.4 Å². The Morgan fingerprint density at radius 3 is 2.57 bits per heavy atom. The summed E-state index contributed by atoms with van der Waals surface area (Å²) in [5.41, 5.74) is 7.97. The van der Waals surface area contributed by atoms with Crippen LogP contribution in [0.15, 0.2) is 90.0 Å². The fourth-order valence-corrected chi connectivity index (χ4v) is 7.17. The van der Waals surface area contributed by atoms with E-state index < -0.39 is 0 Å². The van der Waals surface area contributed by atoms with Crippen LogP contribution in [-0.4, -0.2) is 41.1 Å². The van der Waals surface area contributed by atoms with Crippen molar-refractivity contribution in [3.63, 3.8) is 0 Å². The van der Waals surface area contributed by atoms with Crippen LogP contribution in [0.1, 0.15) is 35.9 Å². The third-order valence-electron chi connectivity index (χ3n) is 7.89. The number of aromatic nitrogens is 2. The first-order valence-corrected chi connectivity index (χ1v) is 16.1. The minimum atomic E-state index is -0.263. The molecule has 44 heavy (non-hydrogen) atoms. The van der Waals surface area contributed by atoms with E-state index in [0.29, 0.717) is 25.1 Å². The second kappa shape index (κ2) is 13.9. The summed E-state index contributed by atoms with van der Waals surface area (Å²) in [6.45, 7) is 4.24. The summed E-state index contributed by atoms with van der Waals surface area (Å²) < 4.78 is 19.5. The Morgan fingerprint density at radius 1 is 1.00 bits per heavy atom. The van der Waals surface area contributed by atoms with Gasteiger partial charge in [-0.25, -0.2) is 0 Å². The summed E-state index contributed by atoms with van der Waals surface area (Å²) >= 11 is 8.11. The van der Waals surface area contributed by atoms with Crippen molar-refractivity contribution in [1.82, 2.24) is 9.55 Å². The van der Waals surface area contributed by atoms with E-state index in [4.69, 9.17) is 25.8 Å². The molecule has 6 rings (SSSR count). The molecule has 0 saturated heterocycles. The van der Waals surface area contributed by atoms with Gasteiger partial charge in [0.25, 0.3) is 0 Å². The van der Waals surface area contributed by atoms with Crippen LogP contribution in [-0.2, 0) is 40.3 Å². The highest BCUT2D eigenvalue weighted by atomic mass is 35.5. The molecular formula is C36H35ClN2O4S. The number of carbonyl (C=O) groups excluding carboxylic acids is 1. The number of benzene rings is 3. The number of rotatable bonds is 12. The lowest BCUT2D eigenvalue weighted by molar-refractivity contribution is -0.141. The summed E-state index contributed by atoms with van der Waals surface area (Å²) in [4.78, 5) is 17.5. The molecule has 0 aliphatic carbocycles. The number of hydrogen-bond donors (Lipinski definition) is 0. The van der Waals surface area contributed by atoms with Crippen LogP contribution in [0.3, 0.4) is 0 Å². The molecule has 1 aliphatic rings. The van der Waals surface area contributed by atoms with Gasteiger partial charge in [-0.05, 0) is 47.9 Å². The van der Waals surface area contributed by atoms with Gasteiger partial charge in [0.2, 0.25) is 0 Å². The maximum absolute atomic E-state index is 11.5. The van der Waals surface area contributed by atoms with E-state index in [-0.39, 0.29) is 12.4 Å². The number of esters is 1. The van der Waals surface area contributed by atoms with Crippen molar-refractivity contribution in [1.29, 1.82) is 0 Å². The topological polar surface area (TPSA) is 62.6 Å². The molecule has 6 nitrogen and oxygen atoms in total. The van der Waals surface area contributed by atoms with E-state index in [1.807, 2.05) is 54.4 Å². The van der Waals surface area contributed by atoms with Gasteiger partial charge in [-0.15, -0.1) is 11.8 Å². The Balaban J connectivity index is 1.29. The minimum Gasteiger partial charge on any atom is -0.487 e. The average molecular weight is 627 g/mol. The fraction of sp³-hybridized carbons (Fsp3) is 0.278. The molecule has 3 heterocycles. The molecule has 3 aromatic carbocycles. The van der Waals surface area contributed by atoms with Crippen molar-refractivity contribution < 1.29 is 19.0 Å². The SMILES string of the molecule is COC(=O)CCOCCc1c2c3c(c(OCc4ccc(-c5ccccc5)cn4)ccc3n1Cc1ccc(Cl)cc1)CC(C)S2. The van der Waals surface area contributed by atoms with Gasteiger partial charge in [-0.2, -0.15) is 0 Å². The van der Waals surface area contributed by atoms with Crippen LogP contribution < -0.4 is 4.74 Å². The van der Waals surface area contributed by atoms with Crippen molar-refractivity contribution in [3.05, 3.63) is 113 Å². The number of methoxy groups -OCH3 is 1. The van der Waals surface area contributed by atoms with E-state index in [1.165, 1.54) is 39.7 Å². The highest BCUT2D eigenvalue weighted by Crippen LogP contribution is 2.47. The Labute approximate surface area is 267 Å². The third-order valence-corrected chi connectivity index (χ3v) is 9.38. The molecule has 0 bridgehead atoms. The van der Waals surface area contributed by atoms with E-state index in [0.717, 1.165) is 47.0 Å². The highest BCUT2D eigenvalue weighted by molar-refractivity contribution is 8.00. The number of halogens is 1. The smallest absolute Gasteiger partial charge is 0.307 e. The third kappa shape index (κ3) is 6.80. The van der Waals surface area contributed by atoms with Crippen LogP contribution in [0.25, 0.3) is 22.0 Å². The zero-order valence-corrected chi connectivity index (χ0v) is 26.5. The van der Waals surface area contributed by atoms with Crippen molar-refractivity contribution >= 4 is 40.2 Å². The zero-order chi connectivity index (χ0) is 30.5. The van der Waals surface area contributed by atoms with E-state index >= 15 is 0 Å². The molecule has 2 aromatic heterocycles. The van der Waals surface area contributed by atoms with Gasteiger partial charge in [0.15, 0.2) is 0 Å². The summed E-state index contributed by atoms with van der Waals surface area (Å²) in [5.74, 6) is 0.644. The Bertz CT molecular complexity index is 1740. The molecule has 5 aromatic rings. The summed E-state index contributed by atoms with van der Waals surface area (Å²) in [6, 6.07) is 26.7. The predicted molar refractivity (Wildman–Crippen MR) is 177 cm³/mol. The number of carbonyl (C=O) groups is 1. The lowest BCUT2D eigenvalue weighted by Crippen LogP contribution is -2.12. The molecule has 1 aliphatic heterocycles. The van der Waals surface area contributed by atoms with Gasteiger partial charge >= 0.3 is 5.97 Å². The standard InChI is InChI=1S/C36H35ClN2O4S/c1-24-20-30-33(43-23-29-13-10-27(21-38-29)26-6-4-3-5-7-26)15-14-31-35(30)36(44-24)32(16-18-42-19-17-34(40)41-2)39(31)22-25-8-11-28(37)12-9-25/h3-15,21,24H,16-20,22-23H2,1-2H3. The average Bonchev–Trinajstić information content (AvgIpc) is 3.34. The van der Waals surface area contributed by atoms with Crippen molar-refractivity contribution in [2.45, 2.75) is 49.5 Å². The van der Waals surface area contributed by atoms with E-state index in [2.05, 4.69) is 58.9 Å². The highest BCUT2D eigenvalue weighted by Gasteiger charge is 2.28. The monoisotopic (exact) mass is 626 g/mol. The largest absolute Gasteiger partial charge is 0.487 e. The fourth-order valence-electron chi connectivity index (χ4n) is 5.69. The normalized spacial score (nSPS) is 14.1. The molecule has 1 atom stereocenters. The molecule has 0 radical (unpaired) electrons. The molecular weight excluding hydrogens is 592 g/mol. The molecule has 8 heteroatoms. The first kappa shape index (κ1) is 30.3. The quantitative estimate of drug-likeness (QED) is 0.103. The van der Waals surface area contributed by atoms with Gasteiger partial charge in [-0.3, -0.25) is 9.78 Å². The number of nitrogens with zero attached hydrogens (tertiary/aromatic N) is 2. The Kier molecular flexibility index (Phi) is 9.55. The molecule has 0 amide bonds. The summed E-state index contributed by atoms with van der Waals surface area (Å²) in [7, 11) is 1.40. The number of pyridine rings is 1. The number of hydrogen-bond acceptors (Lipinski definition) is 6. The van der Waals surface area contributed by atoms with E-state index in [1.54, 1.807) is 0 Å². The Morgan fingerprint density at radius 2 is 1.82 bits per heavy atom. The molecule has 0 saturated carbocycles. The van der Waals surface area contributed by atoms with E-state index in [9.17, 15) is 4.79 Å². The van der Waals surface area contributed by atoms with Gasteiger partial charge in [0.1, 0.15) is 12.4 Å². The molecule has 1 unspecified atom stereocenters. The maximum atomic E-state index is 11.5. The molecule has 0 spiro atoms. The second-order valence-electron chi connectivity index (χ2n) is 10.9. The summed E-state index contributed by atoms with van der Waals surface area (Å²) in [6.07, 6.45) is 3.81.